The van der Waals surface area contributed by atoms with Gasteiger partial charge in [0.05, 0.1) is 5.41 Å². The van der Waals surface area contributed by atoms with Crippen LogP contribution >= 0.6 is 0 Å². The van der Waals surface area contributed by atoms with Gasteiger partial charge in [-0.3, -0.25) is 0 Å². The molecule has 0 heterocycles. The zero-order valence-electron chi connectivity index (χ0n) is 24.4. The normalized spacial score (nSPS) is 16.7. The molecular formula is C43H34. The lowest BCUT2D eigenvalue weighted by Crippen LogP contribution is -2.27. The van der Waals surface area contributed by atoms with E-state index in [1.165, 1.54) is 87.7 Å². The van der Waals surface area contributed by atoms with Crippen molar-refractivity contribution in [1.29, 1.82) is 0 Å². The summed E-state index contributed by atoms with van der Waals surface area (Å²) in [5, 5.41) is 0. The van der Waals surface area contributed by atoms with Crippen LogP contribution in [0.5, 0.6) is 0 Å². The average Bonchev–Trinajstić information content (AvgIpc) is 3.66. The van der Waals surface area contributed by atoms with Gasteiger partial charge in [0.25, 0.3) is 0 Å². The minimum absolute atomic E-state index is 0.180. The topological polar surface area (TPSA) is 0 Å². The van der Waals surface area contributed by atoms with Gasteiger partial charge in [-0.1, -0.05) is 165 Å². The number of hydrogen-bond donors (Lipinski definition) is 0. The Balaban J connectivity index is 0.000000128. The Morgan fingerprint density at radius 2 is 0.535 bits per heavy atom. The van der Waals surface area contributed by atoms with Crippen molar-refractivity contribution in [3.63, 3.8) is 0 Å². The number of hydrogen-bond acceptors (Lipinski definition) is 0. The third-order valence-corrected chi connectivity index (χ3v) is 10.8. The second kappa shape index (κ2) is 9.41. The lowest BCUT2D eigenvalue weighted by atomic mass is 9.68. The first-order valence-corrected chi connectivity index (χ1v) is 15.9. The molecule has 0 amide bonds. The first-order chi connectivity index (χ1) is 21.3. The summed E-state index contributed by atoms with van der Waals surface area (Å²) < 4.78 is 0. The van der Waals surface area contributed by atoms with Crippen LogP contribution in [0.4, 0.5) is 0 Å². The maximum Gasteiger partial charge on any atom is 0.0725 e. The monoisotopic (exact) mass is 550 g/mol. The van der Waals surface area contributed by atoms with Crippen molar-refractivity contribution in [3.8, 4) is 33.4 Å². The summed E-state index contributed by atoms with van der Waals surface area (Å²) in [7, 11) is 0. The molecule has 4 aliphatic rings. The summed E-state index contributed by atoms with van der Waals surface area (Å²) in [5.74, 6) is 0. The van der Waals surface area contributed by atoms with Crippen LogP contribution in [0, 0.1) is 0 Å². The lowest BCUT2D eigenvalue weighted by Gasteiger charge is -2.35. The molecule has 43 heavy (non-hydrogen) atoms. The molecule has 0 N–H and O–H groups in total. The van der Waals surface area contributed by atoms with Crippen molar-refractivity contribution in [2.24, 2.45) is 0 Å². The van der Waals surface area contributed by atoms with E-state index in [1.54, 1.807) is 11.1 Å². The van der Waals surface area contributed by atoms with Gasteiger partial charge in [0.15, 0.2) is 0 Å². The van der Waals surface area contributed by atoms with E-state index in [4.69, 9.17) is 0 Å². The van der Waals surface area contributed by atoms with Gasteiger partial charge in [-0.25, -0.2) is 0 Å². The van der Waals surface area contributed by atoms with E-state index in [9.17, 15) is 0 Å². The molecule has 1 saturated carbocycles. The lowest BCUT2D eigenvalue weighted by molar-refractivity contribution is 0.353. The molecule has 206 valence electrons. The van der Waals surface area contributed by atoms with Crippen molar-refractivity contribution < 1.29 is 0 Å². The first-order valence-electron chi connectivity index (χ1n) is 15.9. The van der Waals surface area contributed by atoms with Crippen molar-refractivity contribution in [1.82, 2.24) is 0 Å². The van der Waals surface area contributed by atoms with Gasteiger partial charge in [0, 0.05) is 5.41 Å². The van der Waals surface area contributed by atoms with Crippen molar-refractivity contribution >= 4 is 0 Å². The van der Waals surface area contributed by atoms with E-state index in [2.05, 4.69) is 146 Å². The Labute approximate surface area is 254 Å². The number of fused-ring (bicyclic) bond motifs is 15. The maximum atomic E-state index is 2.36. The Bertz CT molecular complexity index is 1780. The van der Waals surface area contributed by atoms with Crippen LogP contribution in [0.25, 0.3) is 33.4 Å². The van der Waals surface area contributed by atoms with Crippen molar-refractivity contribution in [2.45, 2.75) is 42.9 Å². The standard InChI is InChI=1S/C25H16.C18H18/c1-5-13-21-17(9-1)18-10-2-6-14-22(18)25(21)23-15-7-3-11-19(23)20-12-4-8-16-24(20)25;1-6-12-18(13-7-1)16-10-4-2-8-14(16)15-9-3-5-11-17(15)18/h1-16H;2-5,8-11H,1,6-7,12-13H2. The van der Waals surface area contributed by atoms with E-state index < -0.39 is 0 Å². The summed E-state index contributed by atoms with van der Waals surface area (Å²) in [5.41, 5.74) is 17.4. The molecule has 0 bridgehead atoms. The maximum absolute atomic E-state index is 2.36. The summed E-state index contributed by atoms with van der Waals surface area (Å²) in [6.07, 6.45) is 6.83. The number of rotatable bonds is 0. The van der Waals surface area contributed by atoms with Crippen LogP contribution in [0.2, 0.25) is 0 Å². The summed E-state index contributed by atoms with van der Waals surface area (Å²) in [6.45, 7) is 0. The third kappa shape index (κ3) is 3.27. The SMILES string of the molecule is c1ccc2c(c1)-c1ccccc1C21CCCCC1.c1ccc2c(c1)-c1ccccc1C21c2ccccc2-c2ccccc21. The van der Waals surface area contributed by atoms with Gasteiger partial charge >= 0.3 is 0 Å². The Kier molecular flexibility index (Phi) is 5.45. The molecular weight excluding hydrogens is 516 g/mol. The van der Waals surface area contributed by atoms with Gasteiger partial charge < -0.3 is 0 Å². The summed E-state index contributed by atoms with van der Waals surface area (Å²) in [6, 6.07) is 53.8. The summed E-state index contributed by atoms with van der Waals surface area (Å²) >= 11 is 0. The average molecular weight is 551 g/mol. The molecule has 0 radical (unpaired) electrons. The highest BCUT2D eigenvalue weighted by Crippen LogP contribution is 2.62. The molecule has 0 atom stereocenters. The van der Waals surface area contributed by atoms with Crippen LogP contribution in [0.3, 0.4) is 0 Å². The highest BCUT2D eigenvalue weighted by molar-refractivity contribution is 5.94. The minimum atomic E-state index is -0.180. The van der Waals surface area contributed by atoms with Crippen LogP contribution in [-0.2, 0) is 10.8 Å². The predicted octanol–water partition coefficient (Wildman–Crippen LogP) is 10.9. The van der Waals surface area contributed by atoms with Crippen molar-refractivity contribution in [2.75, 3.05) is 0 Å². The highest BCUT2D eigenvalue weighted by Gasteiger charge is 2.51. The van der Waals surface area contributed by atoms with E-state index in [0.29, 0.717) is 5.41 Å². The fraction of sp³-hybridized carbons (Fsp3) is 0.163. The Hall–Kier alpha value is -4.68. The molecule has 0 aliphatic heterocycles. The predicted molar refractivity (Wildman–Crippen MR) is 178 cm³/mol. The highest BCUT2D eigenvalue weighted by atomic mass is 14.5. The fourth-order valence-corrected chi connectivity index (χ4v) is 9.16. The van der Waals surface area contributed by atoms with Crippen LogP contribution < -0.4 is 0 Å². The Morgan fingerprint density at radius 1 is 0.279 bits per heavy atom. The van der Waals surface area contributed by atoms with Crippen LogP contribution in [-0.4, -0.2) is 0 Å². The third-order valence-electron chi connectivity index (χ3n) is 10.8. The van der Waals surface area contributed by atoms with E-state index in [1.807, 2.05) is 0 Å². The van der Waals surface area contributed by atoms with Crippen LogP contribution in [0.15, 0.2) is 146 Å². The minimum Gasteiger partial charge on any atom is -0.0619 e. The fourth-order valence-electron chi connectivity index (χ4n) is 9.16. The first kappa shape index (κ1) is 24.9. The van der Waals surface area contributed by atoms with Gasteiger partial charge in [-0.2, -0.15) is 0 Å². The molecule has 0 heteroatoms. The number of benzene rings is 6. The largest absolute Gasteiger partial charge is 0.0725 e. The zero-order valence-corrected chi connectivity index (χ0v) is 24.4. The van der Waals surface area contributed by atoms with Gasteiger partial charge in [-0.05, 0) is 79.6 Å². The van der Waals surface area contributed by atoms with Gasteiger partial charge in [-0.15, -0.1) is 0 Å². The van der Waals surface area contributed by atoms with E-state index in [-0.39, 0.29) is 5.41 Å². The molecule has 0 unspecified atom stereocenters. The van der Waals surface area contributed by atoms with Crippen molar-refractivity contribution in [3.05, 3.63) is 179 Å². The molecule has 10 rings (SSSR count). The molecule has 4 aliphatic carbocycles. The quantitative estimate of drug-likeness (QED) is 0.176. The second-order valence-electron chi connectivity index (χ2n) is 12.7. The van der Waals surface area contributed by atoms with E-state index >= 15 is 0 Å². The van der Waals surface area contributed by atoms with Gasteiger partial charge in [0.2, 0.25) is 0 Å². The molecule has 0 saturated heterocycles. The second-order valence-corrected chi connectivity index (χ2v) is 12.7. The molecule has 2 spiro atoms. The smallest absolute Gasteiger partial charge is 0.0619 e. The molecule has 0 nitrogen and oxygen atoms in total. The molecule has 1 fully saturated rings. The molecule has 6 aromatic carbocycles. The zero-order chi connectivity index (χ0) is 28.4. The molecule has 0 aromatic heterocycles. The Morgan fingerprint density at radius 3 is 0.860 bits per heavy atom. The summed E-state index contributed by atoms with van der Waals surface area (Å²) in [4.78, 5) is 0. The van der Waals surface area contributed by atoms with E-state index in [0.717, 1.165) is 0 Å². The van der Waals surface area contributed by atoms with Gasteiger partial charge in [0.1, 0.15) is 0 Å². The molecule has 6 aromatic rings. The van der Waals surface area contributed by atoms with Crippen LogP contribution in [0.1, 0.15) is 65.5 Å².